The van der Waals surface area contributed by atoms with Crippen LogP contribution in [0, 0.1) is 6.92 Å². The zero-order valence-electron chi connectivity index (χ0n) is 16.1. The standard InChI is InChI=1S/C22H18ClNO6/c1-12-15-10-17(23)19(26)16(11-25)20(15)30-22(28)18(12)13-2-4-14(5-3-13)21(27)24-6-8-29-9-7-24/h2-5,10-11,26H,6-9H2,1H3. The van der Waals surface area contributed by atoms with Crippen LogP contribution in [0.2, 0.25) is 5.02 Å². The summed E-state index contributed by atoms with van der Waals surface area (Å²) in [6, 6.07) is 8.15. The van der Waals surface area contributed by atoms with Crippen LogP contribution in [-0.4, -0.2) is 48.5 Å². The summed E-state index contributed by atoms with van der Waals surface area (Å²) >= 11 is 6.03. The molecule has 1 aromatic heterocycles. The number of carbonyl (C=O) groups excluding carboxylic acids is 2. The first-order valence-corrected chi connectivity index (χ1v) is 9.71. The molecule has 1 saturated heterocycles. The van der Waals surface area contributed by atoms with Crippen molar-refractivity contribution in [1.82, 2.24) is 4.90 Å². The molecule has 2 heterocycles. The molecule has 0 saturated carbocycles. The van der Waals surface area contributed by atoms with Crippen molar-refractivity contribution in [3.63, 3.8) is 0 Å². The van der Waals surface area contributed by atoms with Gasteiger partial charge in [-0.15, -0.1) is 0 Å². The van der Waals surface area contributed by atoms with E-state index >= 15 is 0 Å². The normalized spacial score (nSPS) is 14.1. The SMILES string of the molecule is Cc1c(-c2ccc(C(=O)N3CCOCC3)cc2)c(=O)oc2c(C=O)c(O)c(Cl)cc12. The number of carbonyl (C=O) groups is 2. The number of phenols is 1. The van der Waals surface area contributed by atoms with E-state index < -0.39 is 11.4 Å². The van der Waals surface area contributed by atoms with Gasteiger partial charge in [-0.05, 0) is 36.2 Å². The summed E-state index contributed by atoms with van der Waals surface area (Å²) in [5.74, 6) is -0.523. The highest BCUT2D eigenvalue weighted by Gasteiger charge is 2.21. The van der Waals surface area contributed by atoms with Crippen molar-refractivity contribution in [3.8, 4) is 16.9 Å². The number of hydrogen-bond donors (Lipinski definition) is 1. The summed E-state index contributed by atoms with van der Waals surface area (Å²) in [7, 11) is 0. The van der Waals surface area contributed by atoms with Crippen molar-refractivity contribution in [2.75, 3.05) is 26.3 Å². The Bertz CT molecular complexity index is 1210. The van der Waals surface area contributed by atoms with Crippen LogP contribution < -0.4 is 5.63 Å². The molecule has 0 atom stereocenters. The predicted molar refractivity (Wildman–Crippen MR) is 111 cm³/mol. The Morgan fingerprint density at radius 3 is 2.50 bits per heavy atom. The van der Waals surface area contributed by atoms with Crippen LogP contribution in [0.5, 0.6) is 5.75 Å². The molecular weight excluding hydrogens is 410 g/mol. The Morgan fingerprint density at radius 1 is 1.20 bits per heavy atom. The van der Waals surface area contributed by atoms with Crippen molar-refractivity contribution < 1.29 is 23.8 Å². The van der Waals surface area contributed by atoms with Crippen LogP contribution in [0.15, 0.2) is 39.5 Å². The zero-order chi connectivity index (χ0) is 21.4. The quantitative estimate of drug-likeness (QED) is 0.508. The number of ether oxygens (including phenoxy) is 1. The molecule has 1 aliphatic rings. The summed E-state index contributed by atoms with van der Waals surface area (Å²) in [6.45, 7) is 3.83. The van der Waals surface area contributed by atoms with Crippen LogP contribution in [0.1, 0.15) is 26.3 Å². The summed E-state index contributed by atoms with van der Waals surface area (Å²) in [5, 5.41) is 10.4. The van der Waals surface area contributed by atoms with E-state index in [1.165, 1.54) is 6.07 Å². The zero-order valence-corrected chi connectivity index (χ0v) is 16.9. The lowest BCUT2D eigenvalue weighted by Crippen LogP contribution is -2.40. The number of hydrogen-bond acceptors (Lipinski definition) is 6. The molecule has 3 aromatic rings. The second-order valence-corrected chi connectivity index (χ2v) is 7.39. The van der Waals surface area contributed by atoms with Gasteiger partial charge in [-0.2, -0.15) is 0 Å². The smallest absolute Gasteiger partial charge is 0.344 e. The van der Waals surface area contributed by atoms with Crippen LogP contribution in [-0.2, 0) is 4.74 Å². The molecule has 7 nitrogen and oxygen atoms in total. The molecule has 1 N–H and O–H groups in total. The van der Waals surface area contributed by atoms with Gasteiger partial charge in [-0.25, -0.2) is 4.79 Å². The number of aryl methyl sites for hydroxylation is 1. The molecule has 0 bridgehead atoms. The van der Waals surface area contributed by atoms with E-state index in [1.54, 1.807) is 36.1 Å². The minimum absolute atomic E-state index is 0.0149. The van der Waals surface area contributed by atoms with E-state index in [2.05, 4.69) is 0 Å². The molecule has 0 aliphatic carbocycles. The monoisotopic (exact) mass is 427 g/mol. The van der Waals surface area contributed by atoms with Crippen molar-refractivity contribution in [1.29, 1.82) is 0 Å². The number of halogens is 1. The second-order valence-electron chi connectivity index (χ2n) is 6.99. The average Bonchev–Trinajstić information content (AvgIpc) is 2.76. The molecule has 30 heavy (non-hydrogen) atoms. The van der Waals surface area contributed by atoms with Gasteiger partial charge in [0.15, 0.2) is 11.9 Å². The lowest BCUT2D eigenvalue weighted by Gasteiger charge is -2.26. The summed E-state index contributed by atoms with van der Waals surface area (Å²) < 4.78 is 10.6. The fourth-order valence-electron chi connectivity index (χ4n) is 3.63. The van der Waals surface area contributed by atoms with Crippen LogP contribution in [0.3, 0.4) is 0 Å². The molecule has 0 radical (unpaired) electrons. The number of aldehydes is 1. The largest absolute Gasteiger partial charge is 0.505 e. The number of fused-ring (bicyclic) bond motifs is 1. The van der Waals surface area contributed by atoms with Gasteiger partial charge in [0, 0.05) is 24.0 Å². The lowest BCUT2D eigenvalue weighted by atomic mass is 9.97. The van der Waals surface area contributed by atoms with E-state index in [-0.39, 0.29) is 22.1 Å². The second kappa shape index (κ2) is 7.93. The molecule has 8 heteroatoms. The van der Waals surface area contributed by atoms with E-state index in [0.717, 1.165) is 0 Å². The highest BCUT2D eigenvalue weighted by atomic mass is 35.5. The maximum absolute atomic E-state index is 12.7. The predicted octanol–water partition coefficient (Wildman–Crippen LogP) is 3.41. The van der Waals surface area contributed by atoms with Gasteiger partial charge in [-0.1, -0.05) is 23.7 Å². The lowest BCUT2D eigenvalue weighted by molar-refractivity contribution is 0.0303. The Hall–Kier alpha value is -3.16. The van der Waals surface area contributed by atoms with Gasteiger partial charge in [0.25, 0.3) is 5.91 Å². The minimum atomic E-state index is -0.655. The minimum Gasteiger partial charge on any atom is -0.505 e. The summed E-state index contributed by atoms with van der Waals surface area (Å²) in [6.07, 6.45) is 0.400. The third-order valence-corrected chi connectivity index (χ3v) is 5.54. The molecule has 4 rings (SSSR count). The summed E-state index contributed by atoms with van der Waals surface area (Å²) in [5.41, 5.74) is 1.09. The average molecular weight is 428 g/mol. The van der Waals surface area contributed by atoms with E-state index in [1.807, 2.05) is 0 Å². The van der Waals surface area contributed by atoms with Gasteiger partial charge in [0.05, 0.1) is 23.8 Å². The number of rotatable bonds is 3. The molecule has 154 valence electrons. The molecule has 0 spiro atoms. The van der Waals surface area contributed by atoms with Gasteiger partial charge in [0.2, 0.25) is 0 Å². The van der Waals surface area contributed by atoms with Crippen molar-refractivity contribution in [2.45, 2.75) is 6.92 Å². The molecule has 0 unspecified atom stereocenters. The number of benzene rings is 2. The number of morpholine rings is 1. The summed E-state index contributed by atoms with van der Waals surface area (Å²) in [4.78, 5) is 38.4. The van der Waals surface area contributed by atoms with Crippen LogP contribution in [0.4, 0.5) is 0 Å². The molecule has 2 aromatic carbocycles. The number of nitrogens with zero attached hydrogens (tertiary/aromatic N) is 1. The van der Waals surface area contributed by atoms with Crippen LogP contribution in [0.25, 0.3) is 22.1 Å². The maximum Gasteiger partial charge on any atom is 0.344 e. The Balaban J connectivity index is 1.78. The third-order valence-electron chi connectivity index (χ3n) is 5.26. The van der Waals surface area contributed by atoms with Crippen molar-refractivity contribution in [3.05, 3.63) is 62.5 Å². The van der Waals surface area contributed by atoms with Gasteiger partial charge in [0.1, 0.15) is 11.3 Å². The van der Waals surface area contributed by atoms with Crippen molar-refractivity contribution in [2.24, 2.45) is 0 Å². The Labute approximate surface area is 176 Å². The molecule has 1 aliphatic heterocycles. The third kappa shape index (κ3) is 3.36. The Kier molecular flexibility index (Phi) is 5.32. The molecule has 1 fully saturated rings. The fourth-order valence-corrected chi connectivity index (χ4v) is 3.84. The first-order valence-electron chi connectivity index (χ1n) is 9.34. The number of phenolic OH excluding ortho intramolecular Hbond substituents is 1. The van der Waals surface area contributed by atoms with E-state index in [9.17, 15) is 19.5 Å². The maximum atomic E-state index is 12.7. The highest BCUT2D eigenvalue weighted by Crippen LogP contribution is 2.36. The highest BCUT2D eigenvalue weighted by molar-refractivity contribution is 6.33. The fraction of sp³-hybridized carbons (Fsp3) is 0.227. The van der Waals surface area contributed by atoms with Gasteiger partial charge >= 0.3 is 5.63 Å². The molecule has 1 amide bonds. The first kappa shape index (κ1) is 20.1. The van der Waals surface area contributed by atoms with Gasteiger partial charge < -0.3 is 19.2 Å². The van der Waals surface area contributed by atoms with Crippen LogP contribution >= 0.6 is 11.6 Å². The van der Waals surface area contributed by atoms with E-state index in [4.69, 9.17) is 20.8 Å². The number of amides is 1. The Morgan fingerprint density at radius 2 is 1.87 bits per heavy atom. The number of aromatic hydroxyl groups is 1. The van der Waals surface area contributed by atoms with Gasteiger partial charge in [-0.3, -0.25) is 9.59 Å². The molecular formula is C22H18ClNO6. The topological polar surface area (TPSA) is 97.0 Å². The first-order chi connectivity index (χ1) is 14.4. The van der Waals surface area contributed by atoms with Crippen molar-refractivity contribution >= 4 is 34.8 Å². The van der Waals surface area contributed by atoms with E-state index in [0.29, 0.717) is 60.2 Å².